The first-order valence-corrected chi connectivity index (χ1v) is 11.8. The van der Waals surface area contributed by atoms with Crippen molar-refractivity contribution in [1.82, 2.24) is 0 Å². The van der Waals surface area contributed by atoms with Crippen molar-refractivity contribution in [1.29, 1.82) is 0 Å². The van der Waals surface area contributed by atoms with E-state index in [9.17, 15) is 25.2 Å². The number of rotatable bonds is 21. The predicted molar refractivity (Wildman–Crippen MR) is 120 cm³/mol. The van der Waals surface area contributed by atoms with E-state index in [0.717, 1.165) is 38.5 Å². The van der Waals surface area contributed by atoms with Crippen LogP contribution in [0.4, 0.5) is 0 Å². The number of unbranched alkanes of at least 4 members (excludes halogenated alkanes) is 10. The van der Waals surface area contributed by atoms with Crippen LogP contribution >= 0.6 is 0 Å². The number of carbonyl (C=O) groups is 1. The Kier molecular flexibility index (Phi) is 18.3. The summed E-state index contributed by atoms with van der Waals surface area (Å²) in [6.45, 7) is 1.44. The fraction of sp³-hybridized carbons (Fsp3) is 0.875. The third-order valence-corrected chi connectivity index (χ3v) is 5.35. The highest BCUT2D eigenvalue weighted by Gasteiger charge is 2.33. The highest BCUT2D eigenvalue weighted by atomic mass is 16.4. The van der Waals surface area contributed by atoms with Gasteiger partial charge in [0, 0.05) is 7.79 Å². The van der Waals surface area contributed by atoms with Crippen LogP contribution in [0.2, 0.25) is 0 Å². The lowest BCUT2D eigenvalue weighted by atomic mass is 9.97. The number of aliphatic hydroxyl groups is 5. The van der Waals surface area contributed by atoms with Crippen LogP contribution in [0, 0.1) is 0 Å². The van der Waals surface area contributed by atoms with Gasteiger partial charge in [-0.3, -0.25) is 4.79 Å². The van der Waals surface area contributed by atoms with Crippen molar-refractivity contribution in [2.45, 2.75) is 128 Å². The van der Waals surface area contributed by atoms with Gasteiger partial charge in [-0.1, -0.05) is 76.9 Å². The molecule has 0 aliphatic rings. The maximum Gasteiger partial charge on any atom is 0.164 e. The Morgan fingerprint density at radius 2 is 1.30 bits per heavy atom. The van der Waals surface area contributed by atoms with Crippen molar-refractivity contribution in [3.8, 4) is 0 Å². The molecular weight excluding hydrogens is 384 g/mol. The Labute approximate surface area is 184 Å². The molecule has 0 aliphatic carbocycles. The number of hydrogen-bond acceptors (Lipinski definition) is 6. The highest BCUT2D eigenvalue weighted by molar-refractivity contribution is 5.83. The van der Waals surface area contributed by atoms with Crippen molar-refractivity contribution in [2.24, 2.45) is 0 Å². The maximum absolute atomic E-state index is 12.0. The molecule has 1 unspecified atom stereocenters. The van der Waals surface area contributed by atoms with Crippen LogP contribution in [0.25, 0.3) is 0 Å². The van der Waals surface area contributed by atoms with Gasteiger partial charge in [-0.25, -0.2) is 0 Å². The molecule has 6 nitrogen and oxygen atoms in total. The molecule has 178 valence electrons. The summed E-state index contributed by atoms with van der Waals surface area (Å²) in [5.41, 5.74) is 0. The molecule has 5 atom stereocenters. The molecule has 0 saturated heterocycles. The molecule has 30 heavy (non-hydrogen) atoms. The molecule has 0 fully saturated rings. The second-order valence-corrected chi connectivity index (χ2v) is 8.15. The quantitative estimate of drug-likeness (QED) is 0.140. The molecule has 0 rings (SSSR count). The Balaban J connectivity index is 3.74. The summed E-state index contributed by atoms with van der Waals surface area (Å²) < 4.78 is 7.95. The van der Waals surface area contributed by atoms with Gasteiger partial charge in [-0.2, -0.15) is 0 Å². The molecule has 0 spiro atoms. The number of carbonyl (C=O) groups excluding carboxylic acids is 1. The smallest absolute Gasteiger partial charge is 0.164 e. The standard InChI is InChI=1S/C24H46O6/c1-2-3-4-5-6-7-8-9-10-11-12-13-14-15-16-17-18-20(26)22(28)24(30)23(29)21(27)19-25/h9-10,21-25,27-30H,2-8,11-19H2,1H3/b10-9-/t21-,22+,23+,24-/m1/s1/i17D/t17?,21-,22+,23+,24-. The number of aliphatic hydroxyl groups excluding tert-OH is 5. The second kappa shape index (κ2) is 20.1. The largest absolute Gasteiger partial charge is 0.394 e. The second-order valence-electron chi connectivity index (χ2n) is 8.15. The highest BCUT2D eigenvalue weighted by Crippen LogP contribution is 2.13. The van der Waals surface area contributed by atoms with E-state index in [1.807, 2.05) is 0 Å². The number of hydrogen-bond donors (Lipinski definition) is 5. The molecule has 0 aromatic rings. The molecule has 0 radical (unpaired) electrons. The van der Waals surface area contributed by atoms with Crippen LogP contribution in [-0.4, -0.2) is 62.3 Å². The van der Waals surface area contributed by atoms with E-state index in [2.05, 4.69) is 19.1 Å². The van der Waals surface area contributed by atoms with E-state index in [1.54, 1.807) is 0 Å². The van der Waals surface area contributed by atoms with E-state index >= 15 is 0 Å². The maximum atomic E-state index is 12.0. The zero-order valence-electron chi connectivity index (χ0n) is 19.8. The van der Waals surface area contributed by atoms with Gasteiger partial charge in [0.15, 0.2) is 5.78 Å². The van der Waals surface area contributed by atoms with Crippen LogP contribution in [0.15, 0.2) is 12.2 Å². The summed E-state index contributed by atoms with van der Waals surface area (Å²) in [6.07, 6.45) is 11.1. The van der Waals surface area contributed by atoms with E-state index in [-0.39, 0.29) is 6.42 Å². The molecule has 0 amide bonds. The fourth-order valence-corrected chi connectivity index (χ4v) is 3.26. The van der Waals surface area contributed by atoms with Gasteiger partial charge >= 0.3 is 0 Å². The number of Topliss-reactive ketones (excluding diaryl/α,β-unsaturated/α-hetero) is 1. The van der Waals surface area contributed by atoms with E-state index in [0.29, 0.717) is 6.42 Å². The van der Waals surface area contributed by atoms with Gasteiger partial charge in [0.25, 0.3) is 0 Å². The third-order valence-electron chi connectivity index (χ3n) is 5.35. The van der Waals surface area contributed by atoms with Gasteiger partial charge in [0.1, 0.15) is 24.4 Å². The number of ketones is 1. The minimum Gasteiger partial charge on any atom is -0.394 e. The van der Waals surface area contributed by atoms with Crippen molar-refractivity contribution < 1.29 is 31.7 Å². The first-order valence-electron chi connectivity index (χ1n) is 12.4. The van der Waals surface area contributed by atoms with E-state index in [4.69, 9.17) is 6.48 Å². The normalized spacial score (nSPS) is 17.5. The van der Waals surface area contributed by atoms with Crippen LogP contribution in [0.5, 0.6) is 0 Å². The fourth-order valence-electron chi connectivity index (χ4n) is 3.26. The SMILES string of the molecule is [2H]C(CCCCCC/C=C\CCCCCCCC)CC(=O)[C@H](O)[C@@H](O)[C@@H](O)[C@H](O)CO. The molecule has 5 N–H and O–H groups in total. The van der Waals surface area contributed by atoms with Gasteiger partial charge in [0.05, 0.1) is 6.61 Å². The average Bonchev–Trinajstić information content (AvgIpc) is 2.77. The van der Waals surface area contributed by atoms with Crippen molar-refractivity contribution in [3.63, 3.8) is 0 Å². The van der Waals surface area contributed by atoms with Crippen LogP contribution < -0.4 is 0 Å². The lowest BCUT2D eigenvalue weighted by Gasteiger charge is -2.24. The van der Waals surface area contributed by atoms with Crippen molar-refractivity contribution >= 4 is 5.78 Å². The predicted octanol–water partition coefficient (Wildman–Crippen LogP) is 3.42. The van der Waals surface area contributed by atoms with Crippen LogP contribution in [0.3, 0.4) is 0 Å². The minimum absolute atomic E-state index is 0.221. The van der Waals surface area contributed by atoms with Crippen molar-refractivity contribution in [3.05, 3.63) is 12.2 Å². The Hall–Kier alpha value is -0.790. The summed E-state index contributed by atoms with van der Waals surface area (Å²) in [7, 11) is 0. The summed E-state index contributed by atoms with van der Waals surface area (Å²) >= 11 is 0. The lowest BCUT2D eigenvalue weighted by Crippen LogP contribution is -2.48. The zero-order valence-corrected chi connectivity index (χ0v) is 18.8. The Morgan fingerprint density at radius 1 is 0.800 bits per heavy atom. The van der Waals surface area contributed by atoms with Crippen molar-refractivity contribution in [2.75, 3.05) is 6.61 Å². The monoisotopic (exact) mass is 431 g/mol. The summed E-state index contributed by atoms with van der Waals surface area (Å²) in [5.74, 6) is -0.743. The third kappa shape index (κ3) is 15.1. The summed E-state index contributed by atoms with van der Waals surface area (Å²) in [5, 5.41) is 47.1. The molecule has 0 aromatic heterocycles. The van der Waals surface area contributed by atoms with E-state index in [1.165, 1.54) is 38.5 Å². The van der Waals surface area contributed by atoms with Gasteiger partial charge in [-0.05, 0) is 32.1 Å². The van der Waals surface area contributed by atoms with Gasteiger partial charge in [0.2, 0.25) is 0 Å². The van der Waals surface area contributed by atoms with E-state index < -0.39 is 43.2 Å². The van der Waals surface area contributed by atoms with Gasteiger partial charge in [-0.15, -0.1) is 0 Å². The van der Waals surface area contributed by atoms with Crippen LogP contribution in [0.1, 0.15) is 105 Å². The van der Waals surface area contributed by atoms with Gasteiger partial charge < -0.3 is 25.5 Å². The Morgan fingerprint density at radius 3 is 1.83 bits per heavy atom. The molecular formula is C24H46O6. The average molecular weight is 432 g/mol. The van der Waals surface area contributed by atoms with Crippen LogP contribution in [-0.2, 0) is 4.79 Å². The summed E-state index contributed by atoms with van der Waals surface area (Å²) in [4.78, 5) is 12.0. The summed E-state index contributed by atoms with van der Waals surface area (Å²) in [6, 6.07) is 0. The topological polar surface area (TPSA) is 118 Å². The Bertz CT molecular complexity index is 459. The minimum atomic E-state index is -1.89. The number of allylic oxidation sites excluding steroid dienone is 2. The molecule has 0 aromatic carbocycles. The first kappa shape index (κ1) is 27.2. The zero-order chi connectivity index (χ0) is 23.5. The molecule has 0 bridgehead atoms. The first-order chi connectivity index (χ1) is 14.8. The molecule has 0 saturated carbocycles. The molecule has 6 heteroatoms. The molecule has 0 aliphatic heterocycles. The molecule has 0 heterocycles. The lowest BCUT2D eigenvalue weighted by molar-refractivity contribution is -0.147.